The van der Waals surface area contributed by atoms with E-state index in [0.29, 0.717) is 35.9 Å². The lowest BCUT2D eigenvalue weighted by molar-refractivity contribution is 0.0785. The predicted molar refractivity (Wildman–Crippen MR) is 119 cm³/mol. The average Bonchev–Trinajstić information content (AvgIpc) is 3.38. The van der Waals surface area contributed by atoms with Gasteiger partial charge < -0.3 is 14.4 Å². The van der Waals surface area contributed by atoms with Crippen LogP contribution in [0, 0.1) is 0 Å². The van der Waals surface area contributed by atoms with Gasteiger partial charge in [0.25, 0.3) is 5.91 Å². The fourth-order valence-corrected chi connectivity index (χ4v) is 3.34. The number of tetrazole rings is 1. The molecule has 32 heavy (non-hydrogen) atoms. The topological polar surface area (TPSA) is 82.4 Å². The molecule has 0 radical (unpaired) electrons. The Labute approximate surface area is 186 Å². The van der Waals surface area contributed by atoms with Crippen molar-refractivity contribution in [1.82, 2.24) is 25.1 Å². The second-order valence-corrected chi connectivity index (χ2v) is 7.19. The number of nitrogens with zero attached hydrogens (tertiary/aromatic N) is 5. The molecule has 8 nitrogen and oxygen atoms in total. The van der Waals surface area contributed by atoms with Crippen LogP contribution in [0.1, 0.15) is 21.5 Å². The van der Waals surface area contributed by atoms with Crippen molar-refractivity contribution in [2.45, 2.75) is 13.2 Å². The molecule has 1 heterocycles. The van der Waals surface area contributed by atoms with E-state index in [1.165, 1.54) is 11.0 Å². The van der Waals surface area contributed by atoms with E-state index in [9.17, 15) is 4.79 Å². The molecule has 0 spiro atoms. The zero-order chi connectivity index (χ0) is 22.3. The molecule has 0 saturated carbocycles. The van der Waals surface area contributed by atoms with Gasteiger partial charge in [0.1, 0.15) is 12.9 Å². The number of amides is 1. The summed E-state index contributed by atoms with van der Waals surface area (Å²) in [6.45, 7) is 0.848. The van der Waals surface area contributed by atoms with Gasteiger partial charge in [0.05, 0.1) is 18.4 Å². The summed E-state index contributed by atoms with van der Waals surface area (Å²) in [7, 11) is 3.36. The highest BCUT2D eigenvalue weighted by Gasteiger charge is 2.18. The van der Waals surface area contributed by atoms with Crippen LogP contribution in [-0.4, -0.2) is 45.2 Å². The number of aromatic nitrogens is 4. The SMILES string of the molecule is COc1cc(CN(C)C(=O)c2ccccc2-n2cnnn2)ccc1OCc1ccccc1. The van der Waals surface area contributed by atoms with Crippen LogP contribution in [0.4, 0.5) is 0 Å². The molecule has 3 aromatic carbocycles. The fraction of sp³-hybridized carbons (Fsp3) is 0.167. The van der Waals surface area contributed by atoms with Crippen molar-refractivity contribution in [2.24, 2.45) is 0 Å². The number of carbonyl (C=O) groups is 1. The molecule has 0 bridgehead atoms. The van der Waals surface area contributed by atoms with Crippen LogP contribution in [0.3, 0.4) is 0 Å². The van der Waals surface area contributed by atoms with Crippen molar-refractivity contribution in [2.75, 3.05) is 14.2 Å². The Morgan fingerprint density at radius 2 is 1.75 bits per heavy atom. The van der Waals surface area contributed by atoms with E-state index in [1.807, 2.05) is 60.7 Å². The Morgan fingerprint density at radius 3 is 2.50 bits per heavy atom. The number of hydrogen-bond acceptors (Lipinski definition) is 6. The molecule has 0 atom stereocenters. The first-order valence-corrected chi connectivity index (χ1v) is 10.1. The summed E-state index contributed by atoms with van der Waals surface area (Å²) in [6.07, 6.45) is 1.46. The lowest BCUT2D eigenvalue weighted by Gasteiger charge is -2.20. The van der Waals surface area contributed by atoms with Crippen molar-refractivity contribution in [3.8, 4) is 17.2 Å². The third-order valence-corrected chi connectivity index (χ3v) is 4.96. The van der Waals surface area contributed by atoms with Gasteiger partial charge in [-0.2, -0.15) is 4.68 Å². The molecule has 0 aliphatic carbocycles. The van der Waals surface area contributed by atoms with Crippen molar-refractivity contribution in [3.63, 3.8) is 0 Å². The van der Waals surface area contributed by atoms with Crippen molar-refractivity contribution >= 4 is 5.91 Å². The standard InChI is InChI=1S/C24H23N5O3/c1-28(24(30)20-10-6-7-11-21(20)29-17-25-26-27-29)15-19-12-13-22(23(14-19)31-2)32-16-18-8-4-3-5-9-18/h3-14,17H,15-16H2,1-2H3. The van der Waals surface area contributed by atoms with Gasteiger partial charge in [-0.3, -0.25) is 4.79 Å². The highest BCUT2D eigenvalue weighted by atomic mass is 16.5. The molecule has 4 aromatic rings. The van der Waals surface area contributed by atoms with Crippen LogP contribution in [0.5, 0.6) is 11.5 Å². The zero-order valence-corrected chi connectivity index (χ0v) is 17.9. The summed E-state index contributed by atoms with van der Waals surface area (Å²) in [4.78, 5) is 14.8. The van der Waals surface area contributed by atoms with E-state index in [1.54, 1.807) is 31.2 Å². The molecule has 4 rings (SSSR count). The van der Waals surface area contributed by atoms with Crippen LogP contribution in [0.2, 0.25) is 0 Å². The second kappa shape index (κ2) is 9.74. The minimum Gasteiger partial charge on any atom is -0.493 e. The van der Waals surface area contributed by atoms with Crippen LogP contribution in [0.25, 0.3) is 5.69 Å². The van der Waals surface area contributed by atoms with Gasteiger partial charge in [-0.15, -0.1) is 5.10 Å². The van der Waals surface area contributed by atoms with Gasteiger partial charge in [-0.25, -0.2) is 0 Å². The maximum absolute atomic E-state index is 13.1. The van der Waals surface area contributed by atoms with Crippen LogP contribution >= 0.6 is 0 Å². The molecule has 1 aromatic heterocycles. The summed E-state index contributed by atoms with van der Waals surface area (Å²) in [5.74, 6) is 1.13. The summed E-state index contributed by atoms with van der Waals surface area (Å²) >= 11 is 0. The smallest absolute Gasteiger partial charge is 0.256 e. The van der Waals surface area contributed by atoms with E-state index in [-0.39, 0.29) is 5.91 Å². The third kappa shape index (κ3) is 4.75. The number of ether oxygens (including phenoxy) is 2. The molecular weight excluding hydrogens is 406 g/mol. The van der Waals surface area contributed by atoms with Crippen molar-refractivity contribution in [1.29, 1.82) is 0 Å². The van der Waals surface area contributed by atoms with E-state index >= 15 is 0 Å². The summed E-state index contributed by atoms with van der Waals surface area (Å²) in [5, 5.41) is 11.2. The highest BCUT2D eigenvalue weighted by molar-refractivity contribution is 5.97. The van der Waals surface area contributed by atoms with Crippen molar-refractivity contribution in [3.05, 3.63) is 95.8 Å². The first kappa shape index (κ1) is 21.0. The molecule has 8 heteroatoms. The maximum Gasteiger partial charge on any atom is 0.256 e. The van der Waals surface area contributed by atoms with Gasteiger partial charge in [-0.1, -0.05) is 48.5 Å². The second-order valence-electron chi connectivity index (χ2n) is 7.19. The lowest BCUT2D eigenvalue weighted by Crippen LogP contribution is -2.27. The minimum absolute atomic E-state index is 0.139. The Balaban J connectivity index is 1.47. The summed E-state index contributed by atoms with van der Waals surface area (Å²) < 4.78 is 12.9. The van der Waals surface area contributed by atoms with E-state index < -0.39 is 0 Å². The van der Waals surface area contributed by atoms with E-state index in [2.05, 4.69) is 15.5 Å². The molecular formula is C24H23N5O3. The summed E-state index contributed by atoms with van der Waals surface area (Å²) in [5.41, 5.74) is 3.13. The van der Waals surface area contributed by atoms with E-state index in [4.69, 9.17) is 9.47 Å². The Morgan fingerprint density at radius 1 is 0.969 bits per heavy atom. The molecule has 0 unspecified atom stereocenters. The maximum atomic E-state index is 13.1. The zero-order valence-electron chi connectivity index (χ0n) is 17.9. The van der Waals surface area contributed by atoms with Crippen LogP contribution in [-0.2, 0) is 13.2 Å². The highest BCUT2D eigenvalue weighted by Crippen LogP contribution is 2.29. The molecule has 162 valence electrons. The first-order chi connectivity index (χ1) is 15.7. The summed E-state index contributed by atoms with van der Waals surface area (Å²) in [6, 6.07) is 22.8. The van der Waals surface area contributed by atoms with Gasteiger partial charge >= 0.3 is 0 Å². The number of hydrogen-bond donors (Lipinski definition) is 0. The first-order valence-electron chi connectivity index (χ1n) is 10.1. The normalized spacial score (nSPS) is 10.6. The Bertz CT molecular complexity index is 1180. The molecule has 0 aliphatic heterocycles. The predicted octanol–water partition coefficient (Wildman–Crippen LogP) is 3.52. The molecule has 0 N–H and O–H groups in total. The number of benzene rings is 3. The number of rotatable bonds is 8. The largest absolute Gasteiger partial charge is 0.493 e. The molecule has 0 fully saturated rings. The number of para-hydroxylation sites is 1. The van der Waals surface area contributed by atoms with E-state index in [0.717, 1.165) is 11.1 Å². The molecule has 1 amide bonds. The van der Waals surface area contributed by atoms with Gasteiger partial charge in [-0.05, 0) is 45.8 Å². The average molecular weight is 429 g/mol. The quantitative estimate of drug-likeness (QED) is 0.426. The fourth-order valence-electron chi connectivity index (χ4n) is 3.34. The van der Waals surface area contributed by atoms with Crippen LogP contribution < -0.4 is 9.47 Å². The van der Waals surface area contributed by atoms with Gasteiger partial charge in [0, 0.05) is 13.6 Å². The minimum atomic E-state index is -0.139. The monoisotopic (exact) mass is 429 g/mol. The molecule has 0 saturated heterocycles. The third-order valence-electron chi connectivity index (χ3n) is 4.96. The Kier molecular flexibility index (Phi) is 6.41. The number of carbonyl (C=O) groups excluding carboxylic acids is 1. The van der Waals surface area contributed by atoms with Crippen molar-refractivity contribution < 1.29 is 14.3 Å². The number of methoxy groups -OCH3 is 1. The van der Waals surface area contributed by atoms with Crippen LogP contribution in [0.15, 0.2) is 79.1 Å². The molecule has 0 aliphatic rings. The van der Waals surface area contributed by atoms with Gasteiger partial charge in [0.15, 0.2) is 11.5 Å². The lowest BCUT2D eigenvalue weighted by atomic mass is 10.1. The van der Waals surface area contributed by atoms with Gasteiger partial charge in [0.2, 0.25) is 0 Å². The Hall–Kier alpha value is -4.20.